The molecule has 0 radical (unpaired) electrons. The van der Waals surface area contributed by atoms with Crippen LogP contribution in [0.15, 0.2) is 24.3 Å². The zero-order valence-corrected chi connectivity index (χ0v) is 12.4. The maximum absolute atomic E-state index is 11.9. The van der Waals surface area contributed by atoms with Crippen LogP contribution < -0.4 is 21.9 Å². The van der Waals surface area contributed by atoms with Gasteiger partial charge in [0.25, 0.3) is 0 Å². The molecule has 112 valence electrons. The lowest BCUT2D eigenvalue weighted by Crippen LogP contribution is -2.43. The van der Waals surface area contributed by atoms with Gasteiger partial charge in [0.2, 0.25) is 11.9 Å². The van der Waals surface area contributed by atoms with Crippen LogP contribution in [0, 0.1) is 0 Å². The van der Waals surface area contributed by atoms with Gasteiger partial charge in [0.1, 0.15) is 5.82 Å². The van der Waals surface area contributed by atoms with E-state index in [0.29, 0.717) is 11.8 Å². The maximum atomic E-state index is 11.9. The van der Waals surface area contributed by atoms with Crippen molar-refractivity contribution in [1.29, 1.82) is 0 Å². The van der Waals surface area contributed by atoms with Gasteiger partial charge in [-0.15, -0.1) is 0 Å². The minimum atomic E-state index is -0.267. The molecule has 0 saturated heterocycles. The van der Waals surface area contributed by atoms with Gasteiger partial charge < -0.3 is 10.6 Å². The highest BCUT2D eigenvalue weighted by molar-refractivity contribution is 5.91. The Morgan fingerprint density at radius 3 is 2.62 bits per heavy atom. The van der Waals surface area contributed by atoms with Crippen molar-refractivity contribution in [2.24, 2.45) is 5.84 Å². The van der Waals surface area contributed by atoms with Gasteiger partial charge in [0, 0.05) is 10.9 Å². The number of hydrazine groups is 1. The first kappa shape index (κ1) is 15.0. The van der Waals surface area contributed by atoms with E-state index in [9.17, 15) is 4.79 Å². The van der Waals surface area contributed by atoms with E-state index in [1.807, 2.05) is 45.0 Å². The Hall–Kier alpha value is -2.41. The number of nitrogen functional groups attached to an aromatic ring is 1. The van der Waals surface area contributed by atoms with Crippen LogP contribution in [0.5, 0.6) is 0 Å². The third kappa shape index (κ3) is 4.03. The molecule has 0 aliphatic rings. The Balaban J connectivity index is 2.19. The fraction of sp³-hybridized carbons (Fsp3) is 0.357. The van der Waals surface area contributed by atoms with Crippen molar-refractivity contribution in [3.63, 3.8) is 0 Å². The smallest absolute Gasteiger partial charge is 0.239 e. The Labute approximate surface area is 123 Å². The number of anilines is 2. The number of nitrogens with two attached hydrogens (primary N) is 1. The molecule has 0 unspecified atom stereocenters. The van der Waals surface area contributed by atoms with Crippen LogP contribution in [0.4, 0.5) is 11.8 Å². The van der Waals surface area contributed by atoms with E-state index < -0.39 is 0 Å². The van der Waals surface area contributed by atoms with E-state index in [1.54, 1.807) is 0 Å². The Kier molecular flexibility index (Phi) is 4.23. The normalized spacial score (nSPS) is 11.2. The molecule has 1 aromatic carbocycles. The molecule has 7 nitrogen and oxygen atoms in total. The van der Waals surface area contributed by atoms with Crippen molar-refractivity contribution in [2.45, 2.75) is 26.3 Å². The number of carbonyl (C=O) groups excluding carboxylic acids is 1. The molecule has 1 amide bonds. The molecule has 1 heterocycles. The lowest BCUT2D eigenvalue weighted by Gasteiger charge is -2.20. The molecule has 0 spiro atoms. The summed E-state index contributed by atoms with van der Waals surface area (Å²) in [4.78, 5) is 20.4. The molecule has 7 heteroatoms. The molecule has 0 atom stereocenters. The highest BCUT2D eigenvalue weighted by Gasteiger charge is 2.14. The van der Waals surface area contributed by atoms with Gasteiger partial charge >= 0.3 is 0 Å². The van der Waals surface area contributed by atoms with Gasteiger partial charge in [0.05, 0.1) is 12.1 Å². The number of nitrogens with one attached hydrogen (secondary N) is 3. The number of carbonyl (C=O) groups is 1. The van der Waals surface area contributed by atoms with Crippen molar-refractivity contribution < 1.29 is 4.79 Å². The van der Waals surface area contributed by atoms with Crippen LogP contribution >= 0.6 is 0 Å². The second-order valence-electron chi connectivity index (χ2n) is 5.71. The van der Waals surface area contributed by atoms with Gasteiger partial charge in [-0.1, -0.05) is 12.1 Å². The maximum Gasteiger partial charge on any atom is 0.239 e. The largest absolute Gasteiger partial charge is 0.360 e. The molecular formula is C14H20N6O. The molecular weight excluding hydrogens is 268 g/mol. The summed E-state index contributed by atoms with van der Waals surface area (Å²) >= 11 is 0. The van der Waals surface area contributed by atoms with Crippen molar-refractivity contribution in [3.8, 4) is 0 Å². The number of rotatable bonds is 4. The number of aromatic nitrogens is 2. The minimum Gasteiger partial charge on any atom is -0.360 e. The molecule has 0 bridgehead atoms. The first-order chi connectivity index (χ1) is 9.89. The van der Waals surface area contributed by atoms with Crippen LogP contribution in [0.25, 0.3) is 10.9 Å². The lowest BCUT2D eigenvalue weighted by atomic mass is 10.1. The van der Waals surface area contributed by atoms with E-state index in [-0.39, 0.29) is 18.0 Å². The van der Waals surface area contributed by atoms with Crippen LogP contribution in [-0.2, 0) is 4.79 Å². The Morgan fingerprint density at radius 2 is 1.95 bits per heavy atom. The Bertz CT molecular complexity index is 649. The van der Waals surface area contributed by atoms with Gasteiger partial charge in [-0.25, -0.2) is 10.8 Å². The van der Waals surface area contributed by atoms with E-state index in [1.165, 1.54) is 0 Å². The summed E-state index contributed by atoms with van der Waals surface area (Å²) in [7, 11) is 0. The standard InChI is InChI=1S/C14H20N6O/c1-14(2,3)19-11(21)8-16-12-9-6-4-5-7-10(9)17-13(18-12)20-15/h4-7H,8,15H2,1-3H3,(H,19,21)(H2,16,17,18,20). The number of para-hydroxylation sites is 1. The van der Waals surface area contributed by atoms with Crippen molar-refractivity contribution >= 4 is 28.6 Å². The van der Waals surface area contributed by atoms with E-state index in [2.05, 4.69) is 26.0 Å². The molecule has 21 heavy (non-hydrogen) atoms. The fourth-order valence-electron chi connectivity index (χ4n) is 1.90. The summed E-state index contributed by atoms with van der Waals surface area (Å²) in [5, 5.41) is 6.74. The third-order valence-electron chi connectivity index (χ3n) is 2.66. The van der Waals surface area contributed by atoms with Crippen LogP contribution in [-0.4, -0.2) is 28.0 Å². The van der Waals surface area contributed by atoms with Crippen molar-refractivity contribution in [1.82, 2.24) is 15.3 Å². The number of fused-ring (bicyclic) bond motifs is 1. The second kappa shape index (κ2) is 5.92. The van der Waals surface area contributed by atoms with Gasteiger partial charge in [-0.3, -0.25) is 10.2 Å². The van der Waals surface area contributed by atoms with Gasteiger partial charge in [-0.2, -0.15) is 4.98 Å². The molecule has 0 aliphatic carbocycles. The first-order valence-corrected chi connectivity index (χ1v) is 6.67. The van der Waals surface area contributed by atoms with Crippen LogP contribution in [0.1, 0.15) is 20.8 Å². The average molecular weight is 288 g/mol. The first-order valence-electron chi connectivity index (χ1n) is 6.67. The topological polar surface area (TPSA) is 105 Å². The van der Waals surface area contributed by atoms with Crippen LogP contribution in [0.2, 0.25) is 0 Å². The van der Waals surface area contributed by atoms with E-state index >= 15 is 0 Å². The van der Waals surface area contributed by atoms with E-state index in [0.717, 1.165) is 10.9 Å². The summed E-state index contributed by atoms with van der Waals surface area (Å²) in [5.41, 5.74) is 2.90. The van der Waals surface area contributed by atoms with Crippen molar-refractivity contribution in [3.05, 3.63) is 24.3 Å². The summed E-state index contributed by atoms with van der Waals surface area (Å²) in [5.74, 6) is 6.13. The number of amides is 1. The third-order valence-corrected chi connectivity index (χ3v) is 2.66. The molecule has 0 aliphatic heterocycles. The second-order valence-corrected chi connectivity index (χ2v) is 5.71. The predicted octanol–water partition coefficient (Wildman–Crippen LogP) is 1.24. The van der Waals surface area contributed by atoms with Crippen LogP contribution in [0.3, 0.4) is 0 Å². The summed E-state index contributed by atoms with van der Waals surface area (Å²) < 4.78 is 0. The minimum absolute atomic E-state index is 0.104. The summed E-state index contributed by atoms with van der Waals surface area (Å²) in [6.45, 7) is 5.92. The monoisotopic (exact) mass is 288 g/mol. The highest BCUT2D eigenvalue weighted by atomic mass is 16.2. The predicted molar refractivity (Wildman–Crippen MR) is 83.7 cm³/mol. The molecule has 1 aromatic heterocycles. The number of nitrogens with zero attached hydrogens (tertiary/aromatic N) is 2. The number of benzene rings is 1. The SMILES string of the molecule is CC(C)(C)NC(=O)CNc1nc(NN)nc2ccccc12. The quantitative estimate of drug-likeness (QED) is 0.498. The lowest BCUT2D eigenvalue weighted by molar-refractivity contribution is -0.120. The highest BCUT2D eigenvalue weighted by Crippen LogP contribution is 2.21. The zero-order chi connectivity index (χ0) is 15.5. The summed E-state index contributed by atoms with van der Waals surface area (Å²) in [6, 6.07) is 7.52. The molecule has 2 aromatic rings. The van der Waals surface area contributed by atoms with Gasteiger partial charge in [-0.05, 0) is 32.9 Å². The molecule has 0 fully saturated rings. The summed E-state index contributed by atoms with van der Waals surface area (Å²) in [6.07, 6.45) is 0. The van der Waals surface area contributed by atoms with E-state index in [4.69, 9.17) is 5.84 Å². The molecule has 0 saturated carbocycles. The van der Waals surface area contributed by atoms with Gasteiger partial charge in [0.15, 0.2) is 0 Å². The number of hydrogen-bond acceptors (Lipinski definition) is 6. The molecule has 2 rings (SSSR count). The zero-order valence-electron chi connectivity index (χ0n) is 12.4. The fourth-order valence-corrected chi connectivity index (χ4v) is 1.90. The van der Waals surface area contributed by atoms with Crippen molar-refractivity contribution in [2.75, 3.05) is 17.3 Å². The number of hydrogen-bond donors (Lipinski definition) is 4. The average Bonchev–Trinajstić information content (AvgIpc) is 2.42. The molecule has 5 N–H and O–H groups in total. The Morgan fingerprint density at radius 1 is 1.24 bits per heavy atom.